The van der Waals surface area contributed by atoms with Crippen molar-refractivity contribution in [3.63, 3.8) is 0 Å². The highest BCUT2D eigenvalue weighted by Gasteiger charge is 2.43. The molecular formula is C27H21Br2NO4. The van der Waals surface area contributed by atoms with Gasteiger partial charge in [0.2, 0.25) is 5.76 Å². The first-order valence-electron chi connectivity index (χ1n) is 11.1. The molecule has 5 nitrogen and oxygen atoms in total. The lowest BCUT2D eigenvalue weighted by Crippen LogP contribution is -2.29. The molecule has 1 aliphatic heterocycles. The van der Waals surface area contributed by atoms with Crippen molar-refractivity contribution in [2.45, 2.75) is 25.8 Å². The van der Waals surface area contributed by atoms with Gasteiger partial charge in [-0.25, -0.2) is 0 Å². The number of carbonyl (C=O) groups excluding carboxylic acids is 1. The van der Waals surface area contributed by atoms with Crippen LogP contribution in [0.1, 0.15) is 47.5 Å². The Morgan fingerprint density at radius 1 is 0.971 bits per heavy atom. The summed E-state index contributed by atoms with van der Waals surface area (Å²) in [5.74, 6) is 0.424. The number of anilines is 1. The van der Waals surface area contributed by atoms with E-state index in [-0.39, 0.29) is 17.1 Å². The number of hydrogen-bond acceptors (Lipinski definition) is 4. The Morgan fingerprint density at radius 3 is 2.56 bits per heavy atom. The van der Waals surface area contributed by atoms with Crippen LogP contribution in [0, 0.1) is 0 Å². The van der Waals surface area contributed by atoms with E-state index in [1.165, 1.54) is 0 Å². The lowest BCUT2D eigenvalue weighted by molar-refractivity contribution is 0.0971. The van der Waals surface area contributed by atoms with Crippen molar-refractivity contribution >= 4 is 54.4 Å². The summed E-state index contributed by atoms with van der Waals surface area (Å²) >= 11 is 6.93. The topological polar surface area (TPSA) is 59.8 Å². The molecule has 0 spiro atoms. The van der Waals surface area contributed by atoms with Crippen molar-refractivity contribution in [2.75, 3.05) is 11.5 Å². The Labute approximate surface area is 213 Å². The van der Waals surface area contributed by atoms with E-state index in [9.17, 15) is 9.59 Å². The summed E-state index contributed by atoms with van der Waals surface area (Å²) in [6.07, 6.45) is 1.98. The third kappa shape index (κ3) is 4.07. The molecule has 4 aromatic rings. The number of amides is 1. The molecular weight excluding hydrogens is 562 g/mol. The van der Waals surface area contributed by atoms with Crippen LogP contribution >= 0.6 is 31.9 Å². The molecule has 172 valence electrons. The number of halogens is 2. The minimum Gasteiger partial charge on any atom is -0.494 e. The molecule has 2 heterocycles. The zero-order valence-electron chi connectivity index (χ0n) is 18.4. The second-order valence-corrected chi connectivity index (χ2v) is 9.98. The number of ether oxygens (including phenoxy) is 1. The van der Waals surface area contributed by atoms with Gasteiger partial charge in [0.05, 0.1) is 23.6 Å². The van der Waals surface area contributed by atoms with Crippen LogP contribution in [0.15, 0.2) is 84.9 Å². The number of rotatable bonds is 6. The first-order chi connectivity index (χ1) is 16.5. The average Bonchev–Trinajstić information content (AvgIpc) is 3.12. The summed E-state index contributed by atoms with van der Waals surface area (Å²) in [4.78, 5) is 29.1. The van der Waals surface area contributed by atoms with Gasteiger partial charge in [-0.2, -0.15) is 0 Å². The summed E-state index contributed by atoms with van der Waals surface area (Å²) in [5, 5.41) is 0.428. The van der Waals surface area contributed by atoms with Crippen LogP contribution in [0.25, 0.3) is 11.0 Å². The van der Waals surface area contributed by atoms with Gasteiger partial charge in [0, 0.05) is 14.6 Å². The van der Waals surface area contributed by atoms with Crippen molar-refractivity contribution < 1.29 is 13.9 Å². The predicted octanol–water partition coefficient (Wildman–Crippen LogP) is 7.25. The molecule has 1 aromatic heterocycles. The van der Waals surface area contributed by atoms with Crippen LogP contribution in [-0.4, -0.2) is 12.5 Å². The van der Waals surface area contributed by atoms with Crippen molar-refractivity contribution in [3.8, 4) is 5.75 Å². The fourth-order valence-electron chi connectivity index (χ4n) is 4.26. The first kappa shape index (κ1) is 22.9. The van der Waals surface area contributed by atoms with Gasteiger partial charge in [0.1, 0.15) is 11.3 Å². The molecule has 1 unspecified atom stereocenters. The molecule has 0 radical (unpaired) electrons. The smallest absolute Gasteiger partial charge is 0.295 e. The van der Waals surface area contributed by atoms with Crippen molar-refractivity contribution in [3.05, 3.63) is 103 Å². The normalized spacial score (nSPS) is 15.1. The van der Waals surface area contributed by atoms with Gasteiger partial charge < -0.3 is 9.15 Å². The molecule has 3 aromatic carbocycles. The number of benzene rings is 3. The highest BCUT2D eigenvalue weighted by molar-refractivity contribution is 9.10. The maximum absolute atomic E-state index is 13.7. The van der Waals surface area contributed by atoms with Crippen LogP contribution in [0.4, 0.5) is 5.69 Å². The molecule has 1 atom stereocenters. The number of unbranched alkanes of at least 4 members (excludes halogenated alkanes) is 1. The van der Waals surface area contributed by atoms with Gasteiger partial charge >= 0.3 is 0 Å². The second kappa shape index (κ2) is 9.39. The maximum Gasteiger partial charge on any atom is 0.295 e. The van der Waals surface area contributed by atoms with Crippen LogP contribution < -0.4 is 15.1 Å². The molecule has 0 fully saturated rings. The predicted molar refractivity (Wildman–Crippen MR) is 140 cm³/mol. The van der Waals surface area contributed by atoms with Crippen LogP contribution in [-0.2, 0) is 0 Å². The molecule has 0 bridgehead atoms. The summed E-state index contributed by atoms with van der Waals surface area (Å²) in [7, 11) is 0. The van der Waals surface area contributed by atoms with Crippen molar-refractivity contribution in [2.24, 2.45) is 0 Å². The van der Waals surface area contributed by atoms with Crippen molar-refractivity contribution in [1.29, 1.82) is 0 Å². The van der Waals surface area contributed by atoms with Crippen LogP contribution in [0.2, 0.25) is 0 Å². The lowest BCUT2D eigenvalue weighted by Gasteiger charge is -2.25. The number of fused-ring (bicyclic) bond motifs is 2. The molecule has 34 heavy (non-hydrogen) atoms. The molecule has 7 heteroatoms. The van der Waals surface area contributed by atoms with Gasteiger partial charge in [-0.1, -0.05) is 63.4 Å². The Balaban J connectivity index is 1.72. The molecule has 0 saturated carbocycles. The lowest BCUT2D eigenvalue weighted by atomic mass is 9.98. The Morgan fingerprint density at radius 2 is 1.76 bits per heavy atom. The summed E-state index contributed by atoms with van der Waals surface area (Å²) in [6, 6.07) is 19.6. The van der Waals surface area contributed by atoms with Gasteiger partial charge in [0.25, 0.3) is 5.91 Å². The fraction of sp³-hybridized carbons (Fsp3) is 0.185. The fourth-order valence-corrected chi connectivity index (χ4v) is 5.01. The van der Waals surface area contributed by atoms with E-state index in [1.54, 1.807) is 23.1 Å². The highest BCUT2D eigenvalue weighted by Crippen LogP contribution is 2.42. The molecule has 1 aliphatic rings. The standard InChI is InChI=1S/C27H21Br2NO4/c1-2-3-12-33-20-9-4-6-16(13-20)24-23-25(31)21-15-18(29)10-11-22(21)34-26(23)27(32)30(24)19-8-5-7-17(28)14-19/h4-11,13-15,24H,2-3,12H2,1H3. The molecule has 1 amide bonds. The first-order valence-corrected chi connectivity index (χ1v) is 12.6. The largest absolute Gasteiger partial charge is 0.494 e. The Bertz CT molecular complexity index is 1460. The summed E-state index contributed by atoms with van der Waals surface area (Å²) < 4.78 is 13.6. The average molecular weight is 583 g/mol. The second-order valence-electron chi connectivity index (χ2n) is 8.15. The minimum absolute atomic E-state index is 0.0714. The maximum atomic E-state index is 13.7. The Hall–Kier alpha value is -2.90. The van der Waals surface area contributed by atoms with E-state index in [1.807, 2.05) is 48.5 Å². The molecule has 0 N–H and O–H groups in total. The van der Waals surface area contributed by atoms with E-state index < -0.39 is 6.04 Å². The van der Waals surface area contributed by atoms with Crippen molar-refractivity contribution in [1.82, 2.24) is 0 Å². The van der Waals surface area contributed by atoms with Crippen LogP contribution in [0.3, 0.4) is 0 Å². The summed E-state index contributed by atoms with van der Waals surface area (Å²) in [5.41, 5.74) is 1.94. The third-order valence-corrected chi connectivity index (χ3v) is 6.85. The number of nitrogens with zero attached hydrogens (tertiary/aromatic N) is 1. The highest BCUT2D eigenvalue weighted by atomic mass is 79.9. The molecule has 0 aliphatic carbocycles. The van der Waals surface area contributed by atoms with Gasteiger partial charge in [-0.3, -0.25) is 14.5 Å². The summed E-state index contributed by atoms with van der Waals surface area (Å²) in [6.45, 7) is 2.72. The van der Waals surface area contributed by atoms with E-state index in [2.05, 4.69) is 38.8 Å². The SMILES string of the molecule is CCCCOc1cccc(C2c3c(oc4ccc(Br)cc4c3=O)C(=O)N2c2cccc(Br)c2)c1. The number of carbonyl (C=O) groups is 1. The van der Waals surface area contributed by atoms with E-state index in [4.69, 9.17) is 9.15 Å². The monoisotopic (exact) mass is 581 g/mol. The quantitative estimate of drug-likeness (QED) is 0.225. The van der Waals surface area contributed by atoms with Crippen LogP contribution in [0.5, 0.6) is 5.75 Å². The van der Waals surface area contributed by atoms with Gasteiger partial charge in [-0.15, -0.1) is 0 Å². The third-order valence-electron chi connectivity index (χ3n) is 5.86. The molecule has 5 rings (SSSR count). The molecule has 0 saturated heterocycles. The van der Waals surface area contributed by atoms with E-state index in [0.29, 0.717) is 34.6 Å². The zero-order chi connectivity index (χ0) is 23.8. The number of hydrogen-bond donors (Lipinski definition) is 0. The van der Waals surface area contributed by atoms with Gasteiger partial charge in [-0.05, 0) is 60.5 Å². The Kier molecular flexibility index (Phi) is 6.32. The minimum atomic E-state index is -0.647. The van der Waals surface area contributed by atoms with E-state index >= 15 is 0 Å². The zero-order valence-corrected chi connectivity index (χ0v) is 21.6. The van der Waals surface area contributed by atoms with Gasteiger partial charge in [0.15, 0.2) is 5.43 Å². The van der Waals surface area contributed by atoms with E-state index in [0.717, 1.165) is 27.4 Å².